The molecule has 2 atom stereocenters. The summed E-state index contributed by atoms with van der Waals surface area (Å²) in [5, 5.41) is 0. The number of rotatable bonds is 58. The van der Waals surface area contributed by atoms with E-state index in [0.717, 1.165) is 141 Å². The maximum Gasteiger partial charge on any atom is 0.472 e. The smallest absolute Gasteiger partial charge is 0.462 e. The number of hydrogen-bond acceptors (Lipinski definition) is 8. The van der Waals surface area contributed by atoms with Crippen molar-refractivity contribution >= 4 is 19.8 Å². The number of esters is 2. The van der Waals surface area contributed by atoms with Crippen LogP contribution in [0.25, 0.3) is 0 Å². The largest absolute Gasteiger partial charge is 0.472 e. The zero-order valence-corrected chi connectivity index (χ0v) is 52.1. The molecule has 0 amide bonds. The lowest BCUT2D eigenvalue weighted by Crippen LogP contribution is -2.29. The first-order chi connectivity index (χ1) is 39.8. The van der Waals surface area contributed by atoms with Gasteiger partial charge in [-0.3, -0.25) is 18.6 Å². The summed E-state index contributed by atoms with van der Waals surface area (Å²) in [6.45, 7) is 3.49. The monoisotopic (exact) mass is 1140 g/mol. The third kappa shape index (κ3) is 64.7. The van der Waals surface area contributed by atoms with Gasteiger partial charge in [-0.25, -0.2) is 4.57 Å². The van der Waals surface area contributed by atoms with E-state index in [1.165, 1.54) is 70.6 Å². The minimum Gasteiger partial charge on any atom is -0.462 e. The van der Waals surface area contributed by atoms with Crippen LogP contribution >= 0.6 is 7.82 Å². The fraction of sp³-hybridized carbons (Fsp3) is 0.606. The van der Waals surface area contributed by atoms with E-state index in [0.29, 0.717) is 6.42 Å². The number of hydrogen-bond donors (Lipinski definition) is 2. The van der Waals surface area contributed by atoms with Gasteiger partial charge < -0.3 is 20.1 Å². The van der Waals surface area contributed by atoms with E-state index in [9.17, 15) is 19.0 Å². The molecule has 0 aromatic heterocycles. The Bertz CT molecular complexity index is 1880. The van der Waals surface area contributed by atoms with Crippen LogP contribution < -0.4 is 5.73 Å². The number of nitrogens with two attached hydrogens (primary N) is 1. The Balaban J connectivity index is 4.02. The first kappa shape index (κ1) is 76.6. The highest BCUT2D eigenvalue weighted by atomic mass is 31.2. The molecule has 0 bridgehead atoms. The molecule has 0 aliphatic carbocycles. The van der Waals surface area contributed by atoms with Crippen molar-refractivity contribution in [2.75, 3.05) is 26.4 Å². The highest BCUT2D eigenvalue weighted by molar-refractivity contribution is 7.47. The first-order valence-corrected chi connectivity index (χ1v) is 33.5. The van der Waals surface area contributed by atoms with Crippen LogP contribution in [0.15, 0.2) is 158 Å². The molecule has 2 unspecified atom stereocenters. The van der Waals surface area contributed by atoms with Crippen LogP contribution in [0.5, 0.6) is 0 Å². The Hall–Kier alpha value is -4.37. The normalized spacial score (nSPS) is 14.1. The summed E-state index contributed by atoms with van der Waals surface area (Å²) in [4.78, 5) is 35.3. The standard InChI is InChI=1S/C71H116NO8P/c1-3-5-7-9-11-13-15-17-19-21-23-25-27-29-31-33-34-36-37-39-41-43-45-47-49-51-53-55-57-59-61-63-70(73)77-67-69(68-79-81(75,76)78-66-65-72)80-71(74)64-62-60-58-56-54-52-50-48-46-44-42-40-38-35-32-30-28-26-24-22-20-18-16-14-12-10-8-6-4-2/h5-8,11-14,17-20,23-26,29-32,34,36,38,40,44,46,69H,3-4,9-10,15-16,21-22,27-28,33,35,37,39,41-43,45,47-68,72H2,1-2H3,(H,75,76)/b7-5-,8-6-,13-11-,14-12-,19-17-,20-18-,25-23-,26-24-,31-29-,32-30-,36-34-,40-38-,46-44-. The lowest BCUT2D eigenvalue weighted by molar-refractivity contribution is -0.161. The molecule has 81 heavy (non-hydrogen) atoms. The van der Waals surface area contributed by atoms with Gasteiger partial charge in [0.05, 0.1) is 13.2 Å². The summed E-state index contributed by atoms with van der Waals surface area (Å²) in [7, 11) is -4.41. The third-order valence-electron chi connectivity index (χ3n) is 12.9. The number of carbonyl (C=O) groups excluding carboxylic acids is 2. The molecule has 0 rings (SSSR count). The molecular formula is C71H116NO8P. The maximum atomic E-state index is 12.7. The van der Waals surface area contributed by atoms with E-state index in [-0.39, 0.29) is 32.6 Å². The van der Waals surface area contributed by atoms with Crippen molar-refractivity contribution in [3.63, 3.8) is 0 Å². The highest BCUT2D eigenvalue weighted by Gasteiger charge is 2.26. The van der Waals surface area contributed by atoms with Gasteiger partial charge in [0.2, 0.25) is 0 Å². The minimum atomic E-state index is -4.41. The lowest BCUT2D eigenvalue weighted by Gasteiger charge is -2.19. The number of phosphoric ester groups is 1. The fourth-order valence-electron chi connectivity index (χ4n) is 8.27. The zero-order chi connectivity index (χ0) is 58.7. The van der Waals surface area contributed by atoms with Crippen molar-refractivity contribution in [3.8, 4) is 0 Å². The van der Waals surface area contributed by atoms with E-state index < -0.39 is 32.5 Å². The lowest BCUT2D eigenvalue weighted by atomic mass is 10.0. The molecule has 0 aliphatic rings. The van der Waals surface area contributed by atoms with Crippen LogP contribution in [0.2, 0.25) is 0 Å². The van der Waals surface area contributed by atoms with Crippen molar-refractivity contribution in [3.05, 3.63) is 158 Å². The van der Waals surface area contributed by atoms with Crippen molar-refractivity contribution in [2.24, 2.45) is 5.73 Å². The number of allylic oxidation sites excluding steroid dienone is 26. The average molecular weight is 1140 g/mol. The second-order valence-corrected chi connectivity index (χ2v) is 22.0. The van der Waals surface area contributed by atoms with Crippen LogP contribution in [0.1, 0.15) is 245 Å². The van der Waals surface area contributed by atoms with Gasteiger partial charge in [-0.2, -0.15) is 0 Å². The summed E-state index contributed by atoms with van der Waals surface area (Å²) in [6, 6.07) is 0. The Labute approximate surface area is 496 Å². The predicted octanol–water partition coefficient (Wildman–Crippen LogP) is 20.8. The molecule has 0 aromatic rings. The molecule has 10 heteroatoms. The van der Waals surface area contributed by atoms with Gasteiger partial charge in [-0.1, -0.05) is 268 Å². The zero-order valence-electron chi connectivity index (χ0n) is 51.2. The molecule has 0 fully saturated rings. The molecule has 0 aliphatic heterocycles. The van der Waals surface area contributed by atoms with Gasteiger partial charge in [0, 0.05) is 19.4 Å². The molecular weight excluding hydrogens is 1030 g/mol. The molecule has 9 nitrogen and oxygen atoms in total. The van der Waals surface area contributed by atoms with Crippen LogP contribution in [-0.2, 0) is 32.7 Å². The van der Waals surface area contributed by atoms with E-state index in [1.807, 2.05) is 0 Å². The minimum absolute atomic E-state index is 0.0430. The second kappa shape index (κ2) is 64.8. The number of unbranched alkanes of at least 4 members (excludes halogenated alkanes) is 19. The Morgan fingerprint density at radius 3 is 0.951 bits per heavy atom. The SMILES string of the molecule is CC/C=C\C/C=C\C/C=C\C/C=C\C/C=C\C/C=C\C/C=C\CCCCCCCCCC(=O)OC(COC(=O)CCCCCCCCCCCCCC/C=C\C/C=C\C/C=C\C/C=C\C/C=C\C/C=C\CC)COP(=O)(O)OCCN. The molecule has 0 spiro atoms. The van der Waals surface area contributed by atoms with Gasteiger partial charge in [-0.05, 0) is 122 Å². The second-order valence-electron chi connectivity index (χ2n) is 20.5. The number of ether oxygens (including phenoxy) is 2. The summed E-state index contributed by atoms with van der Waals surface area (Å²) in [5.74, 6) is -0.851. The van der Waals surface area contributed by atoms with Crippen molar-refractivity contribution in [1.82, 2.24) is 0 Å². The van der Waals surface area contributed by atoms with Gasteiger partial charge in [0.25, 0.3) is 0 Å². The van der Waals surface area contributed by atoms with Crippen molar-refractivity contribution in [1.29, 1.82) is 0 Å². The summed E-state index contributed by atoms with van der Waals surface area (Å²) >= 11 is 0. The van der Waals surface area contributed by atoms with Gasteiger partial charge in [-0.15, -0.1) is 0 Å². The average Bonchev–Trinajstić information content (AvgIpc) is 3.46. The molecule has 0 heterocycles. The number of phosphoric acid groups is 1. The molecule has 458 valence electrons. The molecule has 0 radical (unpaired) electrons. The van der Waals surface area contributed by atoms with E-state index in [1.54, 1.807) is 0 Å². The number of carbonyl (C=O) groups is 2. The topological polar surface area (TPSA) is 134 Å². The molecule has 0 saturated carbocycles. The Kier molecular flexibility index (Phi) is 61.3. The van der Waals surface area contributed by atoms with E-state index >= 15 is 0 Å². The van der Waals surface area contributed by atoms with E-state index in [4.69, 9.17) is 24.3 Å². The highest BCUT2D eigenvalue weighted by Crippen LogP contribution is 2.43. The molecule has 3 N–H and O–H groups in total. The van der Waals surface area contributed by atoms with Gasteiger partial charge in [0.15, 0.2) is 6.10 Å². The van der Waals surface area contributed by atoms with E-state index in [2.05, 4.69) is 172 Å². The van der Waals surface area contributed by atoms with Gasteiger partial charge in [0.1, 0.15) is 6.61 Å². The van der Waals surface area contributed by atoms with Crippen molar-refractivity contribution < 1.29 is 37.6 Å². The van der Waals surface area contributed by atoms with Crippen molar-refractivity contribution in [2.45, 2.75) is 251 Å². The van der Waals surface area contributed by atoms with Crippen LogP contribution in [-0.4, -0.2) is 49.3 Å². The summed E-state index contributed by atoms with van der Waals surface area (Å²) < 4.78 is 33.1. The molecule has 0 saturated heterocycles. The molecule has 0 aromatic carbocycles. The summed E-state index contributed by atoms with van der Waals surface area (Å²) in [5.41, 5.74) is 5.39. The van der Waals surface area contributed by atoms with Crippen LogP contribution in [0, 0.1) is 0 Å². The van der Waals surface area contributed by atoms with Gasteiger partial charge >= 0.3 is 19.8 Å². The fourth-order valence-corrected chi connectivity index (χ4v) is 9.03. The Morgan fingerprint density at radius 2 is 0.642 bits per heavy atom. The quantitative estimate of drug-likeness (QED) is 0.0264. The first-order valence-electron chi connectivity index (χ1n) is 32.0. The van der Waals surface area contributed by atoms with Crippen LogP contribution in [0.3, 0.4) is 0 Å². The maximum absolute atomic E-state index is 12.7. The summed E-state index contributed by atoms with van der Waals surface area (Å²) in [6.07, 6.45) is 94.4. The predicted molar refractivity (Wildman–Crippen MR) is 348 cm³/mol. The third-order valence-corrected chi connectivity index (χ3v) is 13.9. The van der Waals surface area contributed by atoms with Crippen LogP contribution in [0.4, 0.5) is 0 Å². The Morgan fingerprint density at radius 1 is 0.370 bits per heavy atom.